The molecule has 2 heterocycles. The van der Waals surface area contributed by atoms with Crippen molar-refractivity contribution in [2.24, 2.45) is 7.05 Å². The van der Waals surface area contributed by atoms with E-state index in [4.69, 9.17) is 0 Å². The lowest BCUT2D eigenvalue weighted by atomic mass is 10.0. The van der Waals surface area contributed by atoms with E-state index >= 15 is 0 Å². The lowest BCUT2D eigenvalue weighted by Gasteiger charge is -2.34. The fourth-order valence-electron chi connectivity index (χ4n) is 3.60. The number of nitrogens with one attached hydrogen (secondary N) is 1. The molecule has 1 aromatic carbocycles. The number of amides is 1. The van der Waals surface area contributed by atoms with Crippen molar-refractivity contribution >= 4 is 5.91 Å². The summed E-state index contributed by atoms with van der Waals surface area (Å²) in [5, 5.41) is 7.92. The molecule has 0 spiro atoms. The number of hydrogen-bond acceptors (Lipinski definition) is 3. The largest absolute Gasteiger partial charge is 0.343 e. The predicted molar refractivity (Wildman–Crippen MR) is 99.1 cm³/mol. The summed E-state index contributed by atoms with van der Waals surface area (Å²) < 4.78 is 1.92. The minimum Gasteiger partial charge on any atom is -0.343 e. The minimum atomic E-state index is 0.276. The third-order valence-electron chi connectivity index (χ3n) is 5.11. The number of carbonyl (C=O) groups excluding carboxylic acids is 1. The maximum absolute atomic E-state index is 12.4. The highest BCUT2D eigenvalue weighted by atomic mass is 16.2. The molecule has 5 nitrogen and oxygen atoms in total. The first-order valence-electron chi connectivity index (χ1n) is 9.19. The van der Waals surface area contributed by atoms with Gasteiger partial charge in [0, 0.05) is 44.8 Å². The number of hydrogen-bond donors (Lipinski definition) is 1. The number of aryl methyl sites for hydroxylation is 2. The molecule has 1 aromatic heterocycles. The molecule has 0 radical (unpaired) electrons. The number of rotatable bonds is 6. The summed E-state index contributed by atoms with van der Waals surface area (Å²) in [6.07, 6.45) is 5.29. The fourth-order valence-corrected chi connectivity index (χ4v) is 3.60. The van der Waals surface area contributed by atoms with Crippen LogP contribution in [0, 0.1) is 0 Å². The highest BCUT2D eigenvalue weighted by Crippen LogP contribution is 2.17. The van der Waals surface area contributed by atoms with E-state index in [1.165, 1.54) is 11.3 Å². The number of piperidine rings is 1. The van der Waals surface area contributed by atoms with Gasteiger partial charge in [0.05, 0.1) is 5.69 Å². The summed E-state index contributed by atoms with van der Waals surface area (Å²) in [4.78, 5) is 14.4. The quantitative estimate of drug-likeness (QED) is 0.880. The molecule has 0 saturated carbocycles. The van der Waals surface area contributed by atoms with Crippen LogP contribution in [0.3, 0.4) is 0 Å². The van der Waals surface area contributed by atoms with Crippen LogP contribution in [-0.4, -0.2) is 39.7 Å². The maximum atomic E-state index is 12.4. The van der Waals surface area contributed by atoms with Gasteiger partial charge in [-0.3, -0.25) is 9.48 Å². The van der Waals surface area contributed by atoms with Crippen molar-refractivity contribution in [3.8, 4) is 0 Å². The van der Waals surface area contributed by atoms with Gasteiger partial charge in [-0.25, -0.2) is 0 Å². The molecular weight excluding hydrogens is 312 g/mol. The first-order chi connectivity index (χ1) is 12.1. The molecular formula is C20H28N4O. The van der Waals surface area contributed by atoms with E-state index in [0.29, 0.717) is 12.5 Å². The molecule has 1 aliphatic rings. The van der Waals surface area contributed by atoms with Crippen LogP contribution in [0.1, 0.15) is 43.5 Å². The van der Waals surface area contributed by atoms with Crippen LogP contribution < -0.4 is 5.32 Å². The molecule has 134 valence electrons. The van der Waals surface area contributed by atoms with Gasteiger partial charge in [0.2, 0.25) is 5.91 Å². The van der Waals surface area contributed by atoms with Gasteiger partial charge in [-0.05, 0) is 37.8 Å². The van der Waals surface area contributed by atoms with Crippen LogP contribution in [-0.2, 0) is 18.3 Å². The summed E-state index contributed by atoms with van der Waals surface area (Å²) in [6.45, 7) is 3.88. The van der Waals surface area contributed by atoms with E-state index in [-0.39, 0.29) is 11.9 Å². The van der Waals surface area contributed by atoms with Crippen molar-refractivity contribution in [2.45, 2.75) is 44.7 Å². The number of benzene rings is 1. The van der Waals surface area contributed by atoms with Crippen LogP contribution in [0.25, 0.3) is 0 Å². The van der Waals surface area contributed by atoms with E-state index in [0.717, 1.165) is 32.4 Å². The first kappa shape index (κ1) is 17.7. The lowest BCUT2D eigenvalue weighted by molar-refractivity contribution is -0.132. The molecule has 1 atom stereocenters. The summed E-state index contributed by atoms with van der Waals surface area (Å²) in [5.41, 5.74) is 2.43. The number of likely N-dealkylation sites (tertiary alicyclic amines) is 1. The maximum Gasteiger partial charge on any atom is 0.222 e. The Morgan fingerprint density at radius 1 is 1.24 bits per heavy atom. The molecule has 5 heteroatoms. The lowest BCUT2D eigenvalue weighted by Crippen LogP contribution is -2.45. The SMILES string of the molecule is CC(NC1CCN(C(=O)CCc2ccccc2)CC1)c1ccnn1C. The number of carbonyl (C=O) groups is 1. The van der Waals surface area contributed by atoms with Crippen LogP contribution in [0.15, 0.2) is 42.6 Å². The second kappa shape index (κ2) is 8.30. The van der Waals surface area contributed by atoms with Gasteiger partial charge in [-0.15, -0.1) is 0 Å². The molecule has 0 aliphatic carbocycles. The summed E-state index contributed by atoms with van der Waals surface area (Å²) in [6, 6.07) is 13.0. The molecule has 1 saturated heterocycles. The third kappa shape index (κ3) is 4.69. The molecule has 2 aromatic rings. The average Bonchev–Trinajstić information content (AvgIpc) is 3.07. The van der Waals surface area contributed by atoms with Crippen molar-refractivity contribution in [2.75, 3.05) is 13.1 Å². The Morgan fingerprint density at radius 2 is 1.96 bits per heavy atom. The average molecular weight is 340 g/mol. The van der Waals surface area contributed by atoms with E-state index in [9.17, 15) is 4.79 Å². The van der Waals surface area contributed by atoms with E-state index in [1.807, 2.05) is 41.0 Å². The third-order valence-corrected chi connectivity index (χ3v) is 5.11. The predicted octanol–water partition coefficient (Wildman–Crippen LogP) is 2.69. The van der Waals surface area contributed by atoms with Gasteiger partial charge in [0.25, 0.3) is 0 Å². The Kier molecular flexibility index (Phi) is 5.87. The van der Waals surface area contributed by atoms with E-state index in [1.54, 1.807) is 0 Å². The van der Waals surface area contributed by atoms with Crippen molar-refractivity contribution in [3.05, 3.63) is 53.9 Å². The van der Waals surface area contributed by atoms with Crippen molar-refractivity contribution in [1.29, 1.82) is 0 Å². The van der Waals surface area contributed by atoms with Gasteiger partial charge in [0.15, 0.2) is 0 Å². The standard InChI is InChI=1S/C20H28N4O/c1-16(19-10-13-21-23(19)2)22-18-11-14-24(15-12-18)20(25)9-8-17-6-4-3-5-7-17/h3-7,10,13,16,18,22H,8-9,11-12,14-15H2,1-2H3. The highest BCUT2D eigenvalue weighted by molar-refractivity contribution is 5.76. The zero-order chi connectivity index (χ0) is 17.6. The smallest absolute Gasteiger partial charge is 0.222 e. The van der Waals surface area contributed by atoms with Crippen LogP contribution >= 0.6 is 0 Å². The first-order valence-corrected chi connectivity index (χ1v) is 9.19. The van der Waals surface area contributed by atoms with Crippen molar-refractivity contribution in [3.63, 3.8) is 0 Å². The number of aromatic nitrogens is 2. The Balaban J connectivity index is 1.42. The van der Waals surface area contributed by atoms with Crippen molar-refractivity contribution < 1.29 is 4.79 Å². The molecule has 1 aliphatic heterocycles. The zero-order valence-corrected chi connectivity index (χ0v) is 15.2. The van der Waals surface area contributed by atoms with Crippen molar-refractivity contribution in [1.82, 2.24) is 20.0 Å². The normalized spacial score (nSPS) is 16.8. The van der Waals surface area contributed by atoms with E-state index < -0.39 is 0 Å². The van der Waals surface area contributed by atoms with Gasteiger partial charge < -0.3 is 10.2 Å². The Bertz CT molecular complexity index is 674. The second-order valence-electron chi connectivity index (χ2n) is 6.91. The molecule has 1 N–H and O–H groups in total. The van der Waals surface area contributed by atoms with Gasteiger partial charge in [-0.2, -0.15) is 5.10 Å². The van der Waals surface area contributed by atoms with Crippen LogP contribution in [0.4, 0.5) is 0 Å². The van der Waals surface area contributed by atoms with Gasteiger partial charge in [0.1, 0.15) is 0 Å². The summed E-state index contributed by atoms with van der Waals surface area (Å²) >= 11 is 0. The number of nitrogens with zero attached hydrogens (tertiary/aromatic N) is 3. The molecule has 0 bridgehead atoms. The minimum absolute atomic E-state index is 0.276. The van der Waals surface area contributed by atoms with Crippen LogP contribution in [0.2, 0.25) is 0 Å². The molecule has 1 fully saturated rings. The molecule has 25 heavy (non-hydrogen) atoms. The Hall–Kier alpha value is -2.14. The topological polar surface area (TPSA) is 50.2 Å². The molecule has 1 amide bonds. The Morgan fingerprint density at radius 3 is 2.60 bits per heavy atom. The fraction of sp³-hybridized carbons (Fsp3) is 0.500. The second-order valence-corrected chi connectivity index (χ2v) is 6.91. The molecule has 1 unspecified atom stereocenters. The molecule has 3 rings (SSSR count). The summed E-state index contributed by atoms with van der Waals surface area (Å²) in [7, 11) is 1.97. The zero-order valence-electron chi connectivity index (χ0n) is 15.2. The highest BCUT2D eigenvalue weighted by Gasteiger charge is 2.24. The van der Waals surface area contributed by atoms with E-state index in [2.05, 4.69) is 35.5 Å². The monoisotopic (exact) mass is 340 g/mol. The van der Waals surface area contributed by atoms with Gasteiger partial charge >= 0.3 is 0 Å². The van der Waals surface area contributed by atoms with Crippen LogP contribution in [0.5, 0.6) is 0 Å². The van der Waals surface area contributed by atoms with Gasteiger partial charge in [-0.1, -0.05) is 30.3 Å². The summed E-state index contributed by atoms with van der Waals surface area (Å²) in [5.74, 6) is 0.280. The Labute approximate surface area is 150 Å².